The number of rotatable bonds is 7. The second-order valence-electron chi connectivity index (χ2n) is 8.74. The molecule has 2 aliphatic rings. The zero-order valence-electron chi connectivity index (χ0n) is 18.8. The average molecular weight is 487 g/mol. The van der Waals surface area contributed by atoms with E-state index < -0.39 is 9.84 Å². The standard InChI is InChI=1S/C25H30N2O4S2/c1-2-22-25(29)26-21-17-20(8-9-23(21)32-22)33(30,31)15-12-24(28)27-13-10-19(11-14-27)16-18-6-4-3-5-7-18/h3-9,17,19,22H,2,10-16H2,1H3,(H,26,29)/t22-/m0/s1. The number of thioether (sulfide) groups is 1. The summed E-state index contributed by atoms with van der Waals surface area (Å²) in [6.45, 7) is 3.30. The van der Waals surface area contributed by atoms with Gasteiger partial charge in [0.2, 0.25) is 11.8 Å². The molecule has 2 aromatic carbocycles. The number of carbonyl (C=O) groups is 2. The molecule has 0 saturated carbocycles. The molecular formula is C25H30N2O4S2. The lowest BCUT2D eigenvalue weighted by atomic mass is 9.90. The minimum Gasteiger partial charge on any atom is -0.343 e. The molecule has 4 rings (SSSR count). The van der Waals surface area contributed by atoms with E-state index in [9.17, 15) is 18.0 Å². The van der Waals surface area contributed by atoms with Gasteiger partial charge in [0.25, 0.3) is 0 Å². The Labute approximate surface area is 200 Å². The van der Waals surface area contributed by atoms with Crippen LogP contribution in [-0.2, 0) is 25.8 Å². The van der Waals surface area contributed by atoms with Gasteiger partial charge in [0.15, 0.2) is 9.84 Å². The molecular weight excluding hydrogens is 456 g/mol. The molecule has 2 amide bonds. The molecule has 1 N–H and O–H groups in total. The van der Waals surface area contributed by atoms with Gasteiger partial charge in [-0.25, -0.2) is 8.42 Å². The van der Waals surface area contributed by atoms with Gasteiger partial charge in [0, 0.05) is 24.4 Å². The quantitative estimate of drug-likeness (QED) is 0.636. The summed E-state index contributed by atoms with van der Waals surface area (Å²) in [4.78, 5) is 27.6. The van der Waals surface area contributed by atoms with Crippen LogP contribution in [0.3, 0.4) is 0 Å². The summed E-state index contributed by atoms with van der Waals surface area (Å²) in [5, 5.41) is 2.65. The number of sulfone groups is 1. The monoisotopic (exact) mass is 486 g/mol. The van der Waals surface area contributed by atoms with Gasteiger partial charge in [-0.3, -0.25) is 9.59 Å². The molecule has 6 nitrogen and oxygen atoms in total. The van der Waals surface area contributed by atoms with Gasteiger partial charge in [-0.1, -0.05) is 37.3 Å². The molecule has 33 heavy (non-hydrogen) atoms. The van der Waals surface area contributed by atoms with Crippen molar-refractivity contribution in [1.29, 1.82) is 0 Å². The van der Waals surface area contributed by atoms with E-state index in [1.165, 1.54) is 23.4 Å². The lowest BCUT2D eigenvalue weighted by Crippen LogP contribution is -2.39. The predicted octanol–water partition coefficient (Wildman–Crippen LogP) is 4.15. The van der Waals surface area contributed by atoms with E-state index in [2.05, 4.69) is 17.4 Å². The Balaban J connectivity index is 1.30. The Kier molecular flexibility index (Phi) is 7.44. The van der Waals surface area contributed by atoms with Gasteiger partial charge in [0.1, 0.15) is 0 Å². The van der Waals surface area contributed by atoms with Crippen LogP contribution in [0.1, 0.15) is 38.2 Å². The van der Waals surface area contributed by atoms with Gasteiger partial charge in [-0.05, 0) is 55.4 Å². The van der Waals surface area contributed by atoms with Gasteiger partial charge in [0.05, 0.1) is 21.6 Å². The van der Waals surface area contributed by atoms with Gasteiger partial charge in [-0.2, -0.15) is 0 Å². The van der Waals surface area contributed by atoms with E-state index in [1.54, 1.807) is 17.0 Å². The molecule has 0 spiro atoms. The third kappa shape index (κ3) is 5.79. The Morgan fingerprint density at radius 3 is 2.55 bits per heavy atom. The lowest BCUT2D eigenvalue weighted by molar-refractivity contribution is -0.132. The zero-order valence-corrected chi connectivity index (χ0v) is 20.5. The van der Waals surface area contributed by atoms with Crippen LogP contribution >= 0.6 is 11.8 Å². The Hall–Kier alpha value is -2.32. The first-order chi connectivity index (χ1) is 15.9. The number of amides is 2. The van der Waals surface area contributed by atoms with E-state index in [1.807, 2.05) is 25.1 Å². The van der Waals surface area contributed by atoms with Crippen molar-refractivity contribution in [3.63, 3.8) is 0 Å². The number of anilines is 1. The van der Waals surface area contributed by atoms with Crippen LogP contribution in [0, 0.1) is 5.92 Å². The zero-order chi connectivity index (χ0) is 23.4. The van der Waals surface area contributed by atoms with Crippen LogP contribution < -0.4 is 5.32 Å². The fourth-order valence-corrected chi connectivity index (χ4v) is 6.70. The molecule has 2 aliphatic heterocycles. The second kappa shape index (κ2) is 10.3. The summed E-state index contributed by atoms with van der Waals surface area (Å²) >= 11 is 1.45. The predicted molar refractivity (Wildman–Crippen MR) is 131 cm³/mol. The molecule has 2 aromatic rings. The van der Waals surface area contributed by atoms with Crippen LogP contribution in [-0.4, -0.2) is 49.2 Å². The fourth-order valence-electron chi connectivity index (χ4n) is 4.42. The summed E-state index contributed by atoms with van der Waals surface area (Å²) in [7, 11) is -3.62. The van der Waals surface area contributed by atoms with Gasteiger partial charge in [-0.15, -0.1) is 11.8 Å². The molecule has 2 heterocycles. The first-order valence-electron chi connectivity index (χ1n) is 11.5. The van der Waals surface area contributed by atoms with Crippen molar-refractivity contribution in [3.8, 4) is 0 Å². The molecule has 1 fully saturated rings. The van der Waals surface area contributed by atoms with E-state index >= 15 is 0 Å². The topological polar surface area (TPSA) is 83.6 Å². The molecule has 0 aromatic heterocycles. The summed E-state index contributed by atoms with van der Waals surface area (Å²) in [5.74, 6) is 0.114. The highest BCUT2D eigenvalue weighted by Gasteiger charge is 2.28. The molecule has 1 atom stereocenters. The number of likely N-dealkylation sites (tertiary alicyclic amines) is 1. The maximum atomic E-state index is 12.9. The summed E-state index contributed by atoms with van der Waals surface area (Å²) in [5.41, 5.74) is 1.85. The highest BCUT2D eigenvalue weighted by molar-refractivity contribution is 8.01. The normalized spacial score (nSPS) is 19.1. The van der Waals surface area contributed by atoms with E-state index in [4.69, 9.17) is 0 Å². The van der Waals surface area contributed by atoms with Crippen molar-refractivity contribution in [1.82, 2.24) is 4.90 Å². The Bertz CT molecular complexity index is 1110. The van der Waals surface area contributed by atoms with Crippen molar-refractivity contribution < 1.29 is 18.0 Å². The van der Waals surface area contributed by atoms with Crippen molar-refractivity contribution in [3.05, 3.63) is 54.1 Å². The number of hydrogen-bond acceptors (Lipinski definition) is 5. The number of nitrogens with one attached hydrogen (secondary N) is 1. The largest absolute Gasteiger partial charge is 0.343 e. The number of fused-ring (bicyclic) bond motifs is 1. The minimum atomic E-state index is -3.62. The lowest BCUT2D eigenvalue weighted by Gasteiger charge is -2.32. The number of carbonyl (C=O) groups excluding carboxylic acids is 2. The first-order valence-corrected chi connectivity index (χ1v) is 14.0. The van der Waals surface area contributed by atoms with Gasteiger partial charge >= 0.3 is 0 Å². The molecule has 0 aliphatic carbocycles. The maximum absolute atomic E-state index is 12.9. The third-order valence-electron chi connectivity index (χ3n) is 6.42. The molecule has 0 bridgehead atoms. The number of hydrogen-bond donors (Lipinski definition) is 1. The van der Waals surface area contributed by atoms with Crippen molar-refractivity contribution >= 4 is 39.1 Å². The minimum absolute atomic E-state index is 0.0260. The van der Waals surface area contributed by atoms with Crippen LogP contribution in [0.5, 0.6) is 0 Å². The maximum Gasteiger partial charge on any atom is 0.237 e. The highest BCUT2D eigenvalue weighted by Crippen LogP contribution is 2.38. The van der Waals surface area contributed by atoms with Crippen molar-refractivity contribution in [2.45, 2.75) is 54.1 Å². The summed E-state index contributed by atoms with van der Waals surface area (Å²) < 4.78 is 25.7. The van der Waals surface area contributed by atoms with E-state index in [-0.39, 0.29) is 34.1 Å². The Morgan fingerprint density at radius 1 is 1.12 bits per heavy atom. The number of benzene rings is 2. The smallest absolute Gasteiger partial charge is 0.237 e. The number of piperidine rings is 1. The van der Waals surface area contributed by atoms with E-state index in [0.29, 0.717) is 31.1 Å². The summed E-state index contributed by atoms with van der Waals surface area (Å²) in [6, 6.07) is 15.2. The molecule has 0 radical (unpaired) electrons. The average Bonchev–Trinajstić information content (AvgIpc) is 2.83. The van der Waals surface area contributed by atoms with Crippen LogP contribution in [0.15, 0.2) is 58.3 Å². The number of nitrogens with zero attached hydrogens (tertiary/aromatic N) is 1. The molecule has 8 heteroatoms. The second-order valence-corrected chi connectivity index (χ2v) is 12.1. The van der Waals surface area contributed by atoms with Crippen LogP contribution in [0.4, 0.5) is 5.69 Å². The summed E-state index contributed by atoms with van der Waals surface area (Å²) in [6.07, 6.45) is 3.58. The van der Waals surface area contributed by atoms with Crippen molar-refractivity contribution in [2.75, 3.05) is 24.2 Å². The SMILES string of the molecule is CC[C@@H]1Sc2ccc(S(=O)(=O)CCC(=O)N3CCC(Cc4ccccc4)CC3)cc2NC1=O. The molecule has 176 valence electrons. The molecule has 1 saturated heterocycles. The van der Waals surface area contributed by atoms with E-state index in [0.717, 1.165) is 24.2 Å². The third-order valence-corrected chi connectivity index (χ3v) is 9.58. The molecule has 0 unspecified atom stereocenters. The van der Waals surface area contributed by atoms with Crippen LogP contribution in [0.2, 0.25) is 0 Å². The van der Waals surface area contributed by atoms with Crippen LogP contribution in [0.25, 0.3) is 0 Å². The fraction of sp³-hybridized carbons (Fsp3) is 0.440. The van der Waals surface area contributed by atoms with Crippen molar-refractivity contribution in [2.24, 2.45) is 5.92 Å². The highest BCUT2D eigenvalue weighted by atomic mass is 32.2. The Morgan fingerprint density at radius 2 is 1.85 bits per heavy atom. The first kappa shape index (κ1) is 23.8. The van der Waals surface area contributed by atoms with Gasteiger partial charge < -0.3 is 10.2 Å².